The van der Waals surface area contributed by atoms with Crippen LogP contribution in [0.15, 0.2) is 78.0 Å². The van der Waals surface area contributed by atoms with Gasteiger partial charge in [0, 0.05) is 16.9 Å². The molecule has 0 saturated carbocycles. The molecule has 0 unspecified atom stereocenters. The summed E-state index contributed by atoms with van der Waals surface area (Å²) in [5.74, 6) is 0.697. The molecule has 148 valence electrons. The van der Waals surface area contributed by atoms with E-state index in [9.17, 15) is 15.0 Å². The average Bonchev–Trinajstić information content (AvgIpc) is 3.24. The Kier molecular flexibility index (Phi) is 4.95. The second kappa shape index (κ2) is 7.87. The van der Waals surface area contributed by atoms with E-state index in [4.69, 9.17) is 4.74 Å². The van der Waals surface area contributed by atoms with Gasteiger partial charge in [0.05, 0.1) is 28.8 Å². The summed E-state index contributed by atoms with van der Waals surface area (Å²) in [7, 11) is 1.42. The van der Waals surface area contributed by atoms with E-state index in [1.54, 1.807) is 24.3 Å². The molecule has 30 heavy (non-hydrogen) atoms. The van der Waals surface area contributed by atoms with Gasteiger partial charge in [-0.3, -0.25) is 10.1 Å². The molecule has 0 fully saturated rings. The monoisotopic (exact) mass is 403 g/mol. The first kappa shape index (κ1) is 18.9. The third kappa shape index (κ3) is 3.49. The minimum atomic E-state index is -0.498. The number of nitro groups is 1. The molecule has 0 aliphatic rings. The summed E-state index contributed by atoms with van der Waals surface area (Å²) in [4.78, 5) is 24.4. The van der Waals surface area contributed by atoms with Crippen LogP contribution in [0.3, 0.4) is 0 Å². The number of hydrogen-bond acceptors (Lipinski definition) is 7. The van der Waals surface area contributed by atoms with Crippen LogP contribution in [0, 0.1) is 15.0 Å². The van der Waals surface area contributed by atoms with Gasteiger partial charge in [0.25, 0.3) is 5.69 Å². The van der Waals surface area contributed by atoms with E-state index in [0.29, 0.717) is 17.2 Å². The summed E-state index contributed by atoms with van der Waals surface area (Å²) in [6.45, 7) is 0. The summed E-state index contributed by atoms with van der Waals surface area (Å²) >= 11 is 0. The number of benzene rings is 3. The van der Waals surface area contributed by atoms with E-state index in [0.717, 1.165) is 5.56 Å². The second-order valence-corrected chi connectivity index (χ2v) is 6.19. The van der Waals surface area contributed by atoms with Crippen molar-refractivity contribution >= 4 is 11.4 Å². The van der Waals surface area contributed by atoms with Crippen LogP contribution in [0.25, 0.3) is 22.8 Å². The molecule has 0 atom stereocenters. The molecule has 0 radical (unpaired) electrons. The summed E-state index contributed by atoms with van der Waals surface area (Å²) < 4.78 is 5.37. The highest BCUT2D eigenvalue weighted by Gasteiger charge is 2.27. The van der Waals surface area contributed by atoms with Crippen molar-refractivity contribution in [1.82, 2.24) is 15.0 Å². The number of ether oxygens (including phenoxy) is 1. The molecule has 4 rings (SSSR count). The lowest BCUT2D eigenvalue weighted by Crippen LogP contribution is -2.43. The number of hydrogen-bond donors (Lipinski definition) is 0. The fraction of sp³-hybridized carbons (Fsp3) is 0.0500. The predicted molar refractivity (Wildman–Crippen MR) is 107 cm³/mol. The summed E-state index contributed by atoms with van der Waals surface area (Å²) in [6, 6.07) is 20.1. The zero-order chi connectivity index (χ0) is 21.1. The Morgan fingerprint density at radius 2 is 1.80 bits per heavy atom. The molecule has 1 heterocycles. The van der Waals surface area contributed by atoms with Gasteiger partial charge in [0.2, 0.25) is 5.69 Å². The molecule has 4 aromatic rings. The number of nitrogens with zero attached hydrogens (tertiary/aromatic N) is 6. The van der Waals surface area contributed by atoms with E-state index in [2.05, 4.69) is 15.4 Å². The van der Waals surface area contributed by atoms with Crippen molar-refractivity contribution in [2.45, 2.75) is 0 Å². The lowest BCUT2D eigenvalue weighted by Gasteiger charge is -2.05. The Morgan fingerprint density at radius 1 is 1.07 bits per heavy atom. The van der Waals surface area contributed by atoms with E-state index in [1.807, 2.05) is 30.3 Å². The first-order valence-electron chi connectivity index (χ1n) is 8.82. The number of nitro benzene ring substituents is 1. The van der Waals surface area contributed by atoms with Gasteiger partial charge < -0.3 is 4.74 Å². The third-order valence-corrected chi connectivity index (χ3v) is 4.37. The third-order valence-electron chi connectivity index (χ3n) is 4.37. The van der Waals surface area contributed by atoms with Crippen molar-refractivity contribution in [3.63, 3.8) is 0 Å². The van der Waals surface area contributed by atoms with Crippen LogP contribution in [0.5, 0.6) is 5.75 Å². The molecule has 0 amide bonds. The SMILES string of the molecule is COc1cc([N+](=O)[O-])ccc1-[n+]1nc(-c2ccccc2)nn1-c1ccc(N=O)cc1. The van der Waals surface area contributed by atoms with Gasteiger partial charge in [0.1, 0.15) is 11.4 Å². The van der Waals surface area contributed by atoms with Crippen LogP contribution in [0.1, 0.15) is 0 Å². The standard InChI is InChI=1S/C20H15N6O4/c1-30-19-13-17(26(28)29)11-12-18(19)25-22-20(14-5-3-2-4-6-14)21-24(25)16-9-7-15(23-27)8-10-16/h2-13H,1H3/q+1. The smallest absolute Gasteiger partial charge is 0.340 e. The van der Waals surface area contributed by atoms with Gasteiger partial charge in [-0.1, -0.05) is 18.2 Å². The summed E-state index contributed by atoms with van der Waals surface area (Å²) in [6.07, 6.45) is 0. The fourth-order valence-electron chi connectivity index (χ4n) is 2.90. The molecular formula is C20H15N6O4+. The highest BCUT2D eigenvalue weighted by Crippen LogP contribution is 2.25. The van der Waals surface area contributed by atoms with E-state index >= 15 is 0 Å². The fourth-order valence-corrected chi connectivity index (χ4v) is 2.90. The van der Waals surface area contributed by atoms with Crippen LogP contribution < -0.4 is 9.53 Å². The van der Waals surface area contributed by atoms with Gasteiger partial charge in [-0.05, 0) is 51.5 Å². The molecule has 1 aromatic heterocycles. The lowest BCUT2D eigenvalue weighted by molar-refractivity contribution is -0.734. The van der Waals surface area contributed by atoms with Gasteiger partial charge in [-0.2, -0.15) is 0 Å². The number of tetrazole rings is 1. The highest BCUT2D eigenvalue weighted by molar-refractivity contribution is 5.54. The Bertz CT molecular complexity index is 1220. The van der Waals surface area contributed by atoms with Gasteiger partial charge in [-0.25, -0.2) is 0 Å². The Morgan fingerprint density at radius 3 is 2.43 bits per heavy atom. The first-order valence-corrected chi connectivity index (χ1v) is 8.82. The Labute approximate surface area is 170 Å². The molecular weight excluding hydrogens is 388 g/mol. The maximum Gasteiger partial charge on any atom is 0.340 e. The number of methoxy groups -OCH3 is 1. The molecule has 10 nitrogen and oxygen atoms in total. The topological polar surface area (TPSA) is 116 Å². The number of non-ortho nitro benzene ring substituents is 1. The Hall–Kier alpha value is -4.47. The van der Waals surface area contributed by atoms with Crippen molar-refractivity contribution in [3.8, 4) is 28.5 Å². The molecule has 10 heteroatoms. The van der Waals surface area contributed by atoms with E-state index in [-0.39, 0.29) is 17.1 Å². The van der Waals surface area contributed by atoms with Crippen LogP contribution >= 0.6 is 0 Å². The zero-order valence-electron chi connectivity index (χ0n) is 15.7. The van der Waals surface area contributed by atoms with Crippen LogP contribution in [-0.2, 0) is 0 Å². The largest absolute Gasteiger partial charge is 0.492 e. The molecule has 3 aromatic carbocycles. The van der Waals surface area contributed by atoms with Crippen molar-refractivity contribution in [1.29, 1.82) is 0 Å². The molecule has 0 saturated heterocycles. The highest BCUT2D eigenvalue weighted by atomic mass is 16.6. The van der Waals surface area contributed by atoms with Gasteiger partial charge >= 0.3 is 5.82 Å². The summed E-state index contributed by atoms with van der Waals surface area (Å²) in [5.41, 5.74) is 2.03. The van der Waals surface area contributed by atoms with E-state index < -0.39 is 4.92 Å². The van der Waals surface area contributed by atoms with Crippen molar-refractivity contribution in [2.75, 3.05) is 7.11 Å². The van der Waals surface area contributed by atoms with Crippen LogP contribution in [0.4, 0.5) is 11.4 Å². The maximum atomic E-state index is 11.1. The van der Waals surface area contributed by atoms with Crippen molar-refractivity contribution in [3.05, 3.63) is 87.8 Å². The average molecular weight is 403 g/mol. The van der Waals surface area contributed by atoms with E-state index in [1.165, 1.54) is 34.9 Å². The second-order valence-electron chi connectivity index (χ2n) is 6.19. The molecule has 0 N–H and O–H groups in total. The van der Waals surface area contributed by atoms with Gasteiger partial charge in [0.15, 0.2) is 5.75 Å². The number of rotatable bonds is 6. The van der Waals surface area contributed by atoms with Crippen molar-refractivity contribution in [2.24, 2.45) is 5.18 Å². The minimum absolute atomic E-state index is 0.105. The normalized spacial score (nSPS) is 10.6. The predicted octanol–water partition coefficient (Wildman–Crippen LogP) is 3.53. The maximum absolute atomic E-state index is 11.1. The minimum Gasteiger partial charge on any atom is -0.492 e. The van der Waals surface area contributed by atoms with Gasteiger partial charge in [-0.15, -0.1) is 4.91 Å². The molecule has 0 spiro atoms. The van der Waals surface area contributed by atoms with Crippen LogP contribution in [0.2, 0.25) is 0 Å². The number of nitroso groups, excluding NO2 is 1. The number of aromatic nitrogens is 4. The summed E-state index contributed by atoms with van der Waals surface area (Å²) in [5, 5.41) is 23.2. The zero-order valence-corrected chi connectivity index (χ0v) is 15.7. The molecule has 0 aliphatic carbocycles. The Balaban J connectivity index is 1.92. The molecule has 0 bridgehead atoms. The lowest BCUT2D eigenvalue weighted by atomic mass is 10.2. The molecule has 0 aliphatic heterocycles. The quantitative estimate of drug-likeness (QED) is 0.210. The van der Waals surface area contributed by atoms with Crippen molar-refractivity contribution < 1.29 is 14.5 Å². The first-order chi connectivity index (χ1) is 14.6. The van der Waals surface area contributed by atoms with Crippen LogP contribution in [-0.4, -0.2) is 27.0 Å².